The molecule has 2 aromatic carbocycles. The van der Waals surface area contributed by atoms with Crippen molar-refractivity contribution in [1.82, 2.24) is 9.78 Å². The summed E-state index contributed by atoms with van der Waals surface area (Å²) in [5.74, 6) is -0.725. The van der Waals surface area contributed by atoms with E-state index in [0.717, 1.165) is 5.69 Å². The number of nitriles is 1. The van der Waals surface area contributed by atoms with Crippen LogP contribution in [0.2, 0.25) is 0 Å². The highest BCUT2D eigenvalue weighted by Gasteiger charge is 2.16. The molecular weight excluding hydrogens is 372 g/mol. The molecule has 0 N–H and O–H groups in total. The number of rotatable bonds is 6. The monoisotopic (exact) mass is 388 g/mol. The lowest BCUT2D eigenvalue weighted by Crippen LogP contribution is -2.06. The molecule has 0 radical (unpaired) electrons. The lowest BCUT2D eigenvalue weighted by atomic mass is 10.1. The van der Waals surface area contributed by atoms with Crippen LogP contribution in [0.4, 0.5) is 5.69 Å². The van der Waals surface area contributed by atoms with Crippen LogP contribution in [0.3, 0.4) is 0 Å². The van der Waals surface area contributed by atoms with Gasteiger partial charge in [0, 0.05) is 29.5 Å². The second-order valence-electron chi connectivity index (χ2n) is 5.91. The standard InChI is InChI=1S/C21H16N4O4/c1-2-29-21(26)16(13-22)12-17-14-24(18-6-4-3-5-7-18)23-20(17)15-8-10-19(11-9-15)25(27)28/h3-12,14H,2H2,1H3. The van der Waals surface area contributed by atoms with E-state index in [0.29, 0.717) is 16.8 Å². The number of nitrogens with zero attached hydrogens (tertiary/aromatic N) is 4. The SMILES string of the molecule is CCOC(=O)C(C#N)=Cc1cn(-c2ccccc2)nc1-c1ccc([N+](=O)[O-])cc1. The molecule has 1 heterocycles. The van der Waals surface area contributed by atoms with Gasteiger partial charge in [-0.1, -0.05) is 18.2 Å². The minimum atomic E-state index is -0.725. The molecule has 3 aromatic rings. The molecule has 0 saturated heterocycles. The molecule has 0 aliphatic rings. The van der Waals surface area contributed by atoms with Crippen molar-refractivity contribution in [1.29, 1.82) is 5.26 Å². The van der Waals surface area contributed by atoms with Crippen LogP contribution in [0.25, 0.3) is 23.0 Å². The van der Waals surface area contributed by atoms with Crippen molar-refractivity contribution in [3.63, 3.8) is 0 Å². The number of aromatic nitrogens is 2. The van der Waals surface area contributed by atoms with E-state index in [2.05, 4.69) is 5.10 Å². The third-order valence-corrected chi connectivity index (χ3v) is 4.03. The summed E-state index contributed by atoms with van der Waals surface area (Å²) in [6, 6.07) is 17.1. The maximum absolute atomic E-state index is 12.0. The number of para-hydroxylation sites is 1. The summed E-state index contributed by atoms with van der Waals surface area (Å²) >= 11 is 0. The Morgan fingerprint density at radius 3 is 2.52 bits per heavy atom. The van der Waals surface area contributed by atoms with Crippen LogP contribution in [-0.2, 0) is 9.53 Å². The highest BCUT2D eigenvalue weighted by Crippen LogP contribution is 2.27. The van der Waals surface area contributed by atoms with Crippen molar-refractivity contribution in [2.24, 2.45) is 0 Å². The number of non-ortho nitro benzene ring substituents is 1. The van der Waals surface area contributed by atoms with Crippen LogP contribution in [0.1, 0.15) is 12.5 Å². The number of ether oxygens (including phenoxy) is 1. The van der Waals surface area contributed by atoms with Crippen LogP contribution in [0, 0.1) is 21.4 Å². The molecule has 0 unspecified atom stereocenters. The fourth-order valence-electron chi connectivity index (χ4n) is 2.67. The molecule has 3 rings (SSSR count). The van der Waals surface area contributed by atoms with Crippen LogP contribution < -0.4 is 0 Å². The maximum Gasteiger partial charge on any atom is 0.348 e. The van der Waals surface area contributed by atoms with Crippen LogP contribution in [0.15, 0.2) is 66.4 Å². The molecule has 0 aliphatic heterocycles. The van der Waals surface area contributed by atoms with Crippen molar-refractivity contribution in [3.05, 3.63) is 82.0 Å². The van der Waals surface area contributed by atoms with E-state index in [1.54, 1.807) is 29.9 Å². The largest absolute Gasteiger partial charge is 0.462 e. The fraction of sp³-hybridized carbons (Fsp3) is 0.0952. The molecule has 0 fully saturated rings. The van der Waals surface area contributed by atoms with Crippen molar-refractivity contribution >= 4 is 17.7 Å². The predicted molar refractivity (Wildman–Crippen MR) is 106 cm³/mol. The first-order chi connectivity index (χ1) is 14.0. The van der Waals surface area contributed by atoms with Gasteiger partial charge in [-0.05, 0) is 37.3 Å². The molecule has 0 aliphatic carbocycles. The van der Waals surface area contributed by atoms with Crippen LogP contribution >= 0.6 is 0 Å². The van der Waals surface area contributed by atoms with E-state index in [1.165, 1.54) is 18.2 Å². The van der Waals surface area contributed by atoms with Gasteiger partial charge in [-0.2, -0.15) is 10.4 Å². The van der Waals surface area contributed by atoms with Gasteiger partial charge in [0.25, 0.3) is 5.69 Å². The Morgan fingerprint density at radius 2 is 1.93 bits per heavy atom. The van der Waals surface area contributed by atoms with Gasteiger partial charge >= 0.3 is 5.97 Å². The Morgan fingerprint density at radius 1 is 1.24 bits per heavy atom. The molecule has 0 bridgehead atoms. The Labute approximate surface area is 166 Å². The minimum absolute atomic E-state index is 0.0439. The van der Waals surface area contributed by atoms with E-state index >= 15 is 0 Å². The van der Waals surface area contributed by atoms with Crippen LogP contribution in [0.5, 0.6) is 0 Å². The average molecular weight is 388 g/mol. The second kappa shape index (κ2) is 8.63. The molecule has 0 spiro atoms. The van der Waals surface area contributed by atoms with Gasteiger partial charge in [0.15, 0.2) is 0 Å². The number of nitro benzene ring substituents is 1. The number of benzene rings is 2. The summed E-state index contributed by atoms with van der Waals surface area (Å²) in [7, 11) is 0. The average Bonchev–Trinajstić information content (AvgIpc) is 3.16. The number of hydrogen-bond donors (Lipinski definition) is 0. The van der Waals surface area contributed by atoms with Gasteiger partial charge in [-0.25, -0.2) is 9.48 Å². The van der Waals surface area contributed by atoms with Gasteiger partial charge in [0.1, 0.15) is 17.3 Å². The number of nitro groups is 1. The number of carbonyl (C=O) groups is 1. The van der Waals surface area contributed by atoms with Gasteiger partial charge in [0.2, 0.25) is 0 Å². The first-order valence-corrected chi connectivity index (χ1v) is 8.72. The Bertz CT molecular complexity index is 1110. The highest BCUT2D eigenvalue weighted by atomic mass is 16.6. The molecule has 29 heavy (non-hydrogen) atoms. The quantitative estimate of drug-likeness (QED) is 0.208. The second-order valence-corrected chi connectivity index (χ2v) is 5.91. The Balaban J connectivity index is 2.13. The summed E-state index contributed by atoms with van der Waals surface area (Å²) in [6.07, 6.45) is 3.09. The van der Waals surface area contributed by atoms with E-state index in [-0.39, 0.29) is 17.9 Å². The van der Waals surface area contributed by atoms with Crippen molar-refractivity contribution in [2.75, 3.05) is 6.61 Å². The van der Waals surface area contributed by atoms with E-state index in [4.69, 9.17) is 4.74 Å². The summed E-state index contributed by atoms with van der Waals surface area (Å²) in [6.45, 7) is 1.80. The first-order valence-electron chi connectivity index (χ1n) is 8.72. The van der Waals surface area contributed by atoms with Crippen molar-refractivity contribution < 1.29 is 14.5 Å². The zero-order chi connectivity index (χ0) is 20.8. The van der Waals surface area contributed by atoms with E-state index < -0.39 is 10.9 Å². The summed E-state index contributed by atoms with van der Waals surface area (Å²) in [4.78, 5) is 22.4. The van der Waals surface area contributed by atoms with Crippen LogP contribution in [-0.4, -0.2) is 27.3 Å². The van der Waals surface area contributed by atoms with Gasteiger partial charge in [-0.15, -0.1) is 0 Å². The number of carbonyl (C=O) groups excluding carboxylic acids is 1. The minimum Gasteiger partial charge on any atom is -0.462 e. The normalized spacial score (nSPS) is 11.0. The predicted octanol–water partition coefficient (Wildman–Crippen LogP) is 3.92. The summed E-state index contributed by atoms with van der Waals surface area (Å²) in [5, 5.41) is 24.8. The molecular formula is C21H16N4O4. The van der Waals surface area contributed by atoms with Gasteiger partial charge in [-0.3, -0.25) is 10.1 Å². The molecule has 0 amide bonds. The molecule has 1 aromatic heterocycles. The first kappa shape index (κ1) is 19.5. The zero-order valence-corrected chi connectivity index (χ0v) is 15.5. The topological polar surface area (TPSA) is 111 Å². The summed E-state index contributed by atoms with van der Waals surface area (Å²) in [5.41, 5.74) is 2.16. The zero-order valence-electron chi connectivity index (χ0n) is 15.5. The summed E-state index contributed by atoms with van der Waals surface area (Å²) < 4.78 is 6.53. The molecule has 0 saturated carbocycles. The van der Waals surface area contributed by atoms with E-state index in [9.17, 15) is 20.2 Å². The molecule has 8 heteroatoms. The maximum atomic E-state index is 12.0. The third kappa shape index (κ3) is 4.36. The Kier molecular flexibility index (Phi) is 5.80. The number of hydrogen-bond acceptors (Lipinski definition) is 6. The third-order valence-electron chi connectivity index (χ3n) is 4.03. The molecule has 8 nitrogen and oxygen atoms in total. The number of esters is 1. The lowest BCUT2D eigenvalue weighted by molar-refractivity contribution is -0.384. The smallest absolute Gasteiger partial charge is 0.348 e. The molecule has 144 valence electrons. The highest BCUT2D eigenvalue weighted by molar-refractivity contribution is 5.98. The lowest BCUT2D eigenvalue weighted by Gasteiger charge is -2.01. The van der Waals surface area contributed by atoms with Gasteiger partial charge < -0.3 is 4.74 Å². The van der Waals surface area contributed by atoms with E-state index in [1.807, 2.05) is 36.4 Å². The van der Waals surface area contributed by atoms with Gasteiger partial charge in [0.05, 0.1) is 17.2 Å². The fourth-order valence-corrected chi connectivity index (χ4v) is 2.67. The van der Waals surface area contributed by atoms with Crippen molar-refractivity contribution in [2.45, 2.75) is 6.92 Å². The molecule has 0 atom stereocenters. The Hall–Kier alpha value is -4.25. The van der Waals surface area contributed by atoms with Crippen molar-refractivity contribution in [3.8, 4) is 23.0 Å².